The molecule has 0 radical (unpaired) electrons. The molecule has 1 fully saturated rings. The zero-order chi connectivity index (χ0) is 11.5. The quantitative estimate of drug-likeness (QED) is 0.929. The summed E-state index contributed by atoms with van der Waals surface area (Å²) in [4.78, 5) is 0. The van der Waals surface area contributed by atoms with Gasteiger partial charge in [0.2, 0.25) is 0 Å². The highest BCUT2D eigenvalue weighted by Gasteiger charge is 2.19. The zero-order valence-electron chi connectivity index (χ0n) is 9.15. The Morgan fingerprint density at radius 2 is 2.38 bits per heavy atom. The largest absolute Gasteiger partial charge is 0.488 e. The molecule has 0 aromatic heterocycles. The molecule has 0 aliphatic carbocycles. The number of halogens is 1. The van der Waals surface area contributed by atoms with Crippen LogP contribution in [0.4, 0.5) is 0 Å². The Morgan fingerprint density at radius 3 is 3.00 bits per heavy atom. The first-order chi connectivity index (χ1) is 7.66. The minimum atomic E-state index is -0.533. The Morgan fingerprint density at radius 1 is 1.56 bits per heavy atom. The van der Waals surface area contributed by atoms with Crippen LogP contribution in [-0.2, 0) is 4.74 Å². The lowest BCUT2D eigenvalue weighted by atomic mass is 10.1. The highest BCUT2D eigenvalue weighted by atomic mass is 79.9. The first-order valence-electron chi connectivity index (χ1n) is 5.38. The SMILES string of the molecule is C[C@@H](O)c1cc(Br)ccc1OC1CCOC1. The van der Waals surface area contributed by atoms with E-state index in [0.29, 0.717) is 6.61 Å². The predicted molar refractivity (Wildman–Crippen MR) is 64.6 cm³/mol. The van der Waals surface area contributed by atoms with Gasteiger partial charge in [-0.2, -0.15) is 0 Å². The van der Waals surface area contributed by atoms with Crippen LogP contribution in [0.25, 0.3) is 0 Å². The summed E-state index contributed by atoms with van der Waals surface area (Å²) in [6.45, 7) is 3.13. The third-order valence-electron chi connectivity index (χ3n) is 2.60. The van der Waals surface area contributed by atoms with E-state index in [1.165, 1.54) is 0 Å². The maximum atomic E-state index is 9.67. The number of hydrogen-bond donors (Lipinski definition) is 1. The lowest BCUT2D eigenvalue weighted by molar-refractivity contribution is 0.135. The van der Waals surface area contributed by atoms with Crippen molar-refractivity contribution < 1.29 is 14.6 Å². The summed E-state index contributed by atoms with van der Waals surface area (Å²) in [5, 5.41) is 9.67. The molecule has 2 atom stereocenters. The molecule has 1 aromatic rings. The summed E-state index contributed by atoms with van der Waals surface area (Å²) in [6, 6.07) is 5.68. The second-order valence-electron chi connectivity index (χ2n) is 3.96. The summed E-state index contributed by atoms with van der Waals surface area (Å²) >= 11 is 3.39. The topological polar surface area (TPSA) is 38.7 Å². The van der Waals surface area contributed by atoms with Crippen molar-refractivity contribution in [3.05, 3.63) is 28.2 Å². The van der Waals surface area contributed by atoms with E-state index < -0.39 is 6.10 Å². The third-order valence-corrected chi connectivity index (χ3v) is 3.10. The second-order valence-corrected chi connectivity index (χ2v) is 4.88. The van der Waals surface area contributed by atoms with E-state index in [4.69, 9.17) is 9.47 Å². The average molecular weight is 287 g/mol. The lowest BCUT2D eigenvalue weighted by Crippen LogP contribution is -2.17. The van der Waals surface area contributed by atoms with E-state index in [9.17, 15) is 5.11 Å². The van der Waals surface area contributed by atoms with Gasteiger partial charge in [0, 0.05) is 16.5 Å². The van der Waals surface area contributed by atoms with Crippen LogP contribution in [0, 0.1) is 0 Å². The zero-order valence-corrected chi connectivity index (χ0v) is 10.7. The molecule has 3 nitrogen and oxygen atoms in total. The van der Waals surface area contributed by atoms with Gasteiger partial charge in [0.25, 0.3) is 0 Å². The van der Waals surface area contributed by atoms with Crippen LogP contribution in [0.2, 0.25) is 0 Å². The molecule has 1 unspecified atom stereocenters. The van der Waals surface area contributed by atoms with E-state index in [2.05, 4.69) is 15.9 Å². The fourth-order valence-corrected chi connectivity index (χ4v) is 2.12. The summed E-state index contributed by atoms with van der Waals surface area (Å²) in [5.74, 6) is 0.744. The fourth-order valence-electron chi connectivity index (χ4n) is 1.74. The number of hydrogen-bond acceptors (Lipinski definition) is 3. The number of ether oxygens (including phenoxy) is 2. The molecule has 0 saturated carbocycles. The van der Waals surface area contributed by atoms with Crippen molar-refractivity contribution in [3.8, 4) is 5.75 Å². The van der Waals surface area contributed by atoms with Crippen LogP contribution in [0.15, 0.2) is 22.7 Å². The van der Waals surface area contributed by atoms with Gasteiger partial charge in [0.15, 0.2) is 0 Å². The van der Waals surface area contributed by atoms with Crippen molar-refractivity contribution in [2.75, 3.05) is 13.2 Å². The highest BCUT2D eigenvalue weighted by Crippen LogP contribution is 2.30. The van der Waals surface area contributed by atoms with Gasteiger partial charge in [-0.25, -0.2) is 0 Å². The molecule has 4 heteroatoms. The molecular formula is C12H15BrO3. The first kappa shape index (κ1) is 11.9. The van der Waals surface area contributed by atoms with Crippen molar-refractivity contribution in [1.82, 2.24) is 0 Å². The minimum absolute atomic E-state index is 0.110. The lowest BCUT2D eigenvalue weighted by Gasteiger charge is -2.17. The number of rotatable bonds is 3. The molecule has 1 aliphatic rings. The van der Waals surface area contributed by atoms with Gasteiger partial charge in [-0.3, -0.25) is 0 Å². The first-order valence-corrected chi connectivity index (χ1v) is 6.18. The summed E-state index contributed by atoms with van der Waals surface area (Å²) in [7, 11) is 0. The second kappa shape index (κ2) is 5.17. The van der Waals surface area contributed by atoms with Crippen molar-refractivity contribution in [1.29, 1.82) is 0 Å². The van der Waals surface area contributed by atoms with E-state index in [0.717, 1.165) is 28.8 Å². The maximum absolute atomic E-state index is 9.67. The number of aliphatic hydroxyl groups excluding tert-OH is 1. The van der Waals surface area contributed by atoms with Crippen molar-refractivity contribution >= 4 is 15.9 Å². The Hall–Kier alpha value is -0.580. The van der Waals surface area contributed by atoms with E-state index in [1.807, 2.05) is 18.2 Å². The summed E-state index contributed by atoms with van der Waals surface area (Å²) in [5.41, 5.74) is 0.807. The van der Waals surface area contributed by atoms with Gasteiger partial charge >= 0.3 is 0 Å². The molecule has 1 saturated heterocycles. The normalized spacial score (nSPS) is 22.1. The molecule has 16 heavy (non-hydrogen) atoms. The van der Waals surface area contributed by atoms with Gasteiger partial charge in [-0.05, 0) is 25.1 Å². The van der Waals surface area contributed by atoms with Crippen LogP contribution in [0.5, 0.6) is 5.75 Å². The summed E-state index contributed by atoms with van der Waals surface area (Å²) in [6.07, 6.45) is 0.489. The molecule has 2 rings (SSSR count). The van der Waals surface area contributed by atoms with Gasteiger partial charge in [-0.1, -0.05) is 15.9 Å². The fraction of sp³-hybridized carbons (Fsp3) is 0.500. The van der Waals surface area contributed by atoms with Crippen molar-refractivity contribution in [2.24, 2.45) is 0 Å². The molecule has 0 amide bonds. The van der Waals surface area contributed by atoms with Crippen LogP contribution in [0.1, 0.15) is 25.0 Å². The van der Waals surface area contributed by atoms with Gasteiger partial charge in [-0.15, -0.1) is 0 Å². The molecule has 88 valence electrons. The minimum Gasteiger partial charge on any atom is -0.488 e. The molecular weight excluding hydrogens is 272 g/mol. The van der Waals surface area contributed by atoms with Crippen LogP contribution >= 0.6 is 15.9 Å². The Bertz CT molecular complexity index is 359. The average Bonchev–Trinajstić information content (AvgIpc) is 2.73. The maximum Gasteiger partial charge on any atom is 0.125 e. The third kappa shape index (κ3) is 2.75. The molecule has 1 N–H and O–H groups in total. The van der Waals surface area contributed by atoms with Crippen molar-refractivity contribution in [2.45, 2.75) is 25.6 Å². The monoisotopic (exact) mass is 286 g/mol. The summed E-state index contributed by atoms with van der Waals surface area (Å²) < 4.78 is 12.0. The van der Waals surface area contributed by atoms with Gasteiger partial charge < -0.3 is 14.6 Å². The van der Waals surface area contributed by atoms with E-state index in [1.54, 1.807) is 6.92 Å². The Kier molecular flexibility index (Phi) is 3.84. The van der Waals surface area contributed by atoms with E-state index in [-0.39, 0.29) is 6.10 Å². The molecule has 1 aliphatic heterocycles. The Balaban J connectivity index is 2.18. The van der Waals surface area contributed by atoms with Crippen LogP contribution in [-0.4, -0.2) is 24.4 Å². The number of benzene rings is 1. The Labute approximate surface area is 104 Å². The van der Waals surface area contributed by atoms with Gasteiger partial charge in [0.1, 0.15) is 11.9 Å². The molecule has 1 aromatic carbocycles. The molecule has 0 spiro atoms. The molecule has 1 heterocycles. The predicted octanol–water partition coefficient (Wildman–Crippen LogP) is 2.67. The highest BCUT2D eigenvalue weighted by molar-refractivity contribution is 9.10. The van der Waals surface area contributed by atoms with E-state index >= 15 is 0 Å². The smallest absolute Gasteiger partial charge is 0.125 e. The van der Waals surface area contributed by atoms with Gasteiger partial charge in [0.05, 0.1) is 19.3 Å². The van der Waals surface area contributed by atoms with Crippen molar-refractivity contribution in [3.63, 3.8) is 0 Å². The standard InChI is InChI=1S/C12H15BrO3/c1-8(14)11-6-9(13)2-3-12(11)16-10-4-5-15-7-10/h2-3,6,8,10,14H,4-5,7H2,1H3/t8-,10?/m1/s1. The van der Waals surface area contributed by atoms with Crippen LogP contribution < -0.4 is 4.74 Å². The molecule has 0 bridgehead atoms. The van der Waals surface area contributed by atoms with Crippen LogP contribution in [0.3, 0.4) is 0 Å². The number of aliphatic hydroxyl groups is 1.